The Morgan fingerprint density at radius 1 is 1.21 bits per heavy atom. The van der Waals surface area contributed by atoms with Crippen molar-refractivity contribution in [1.29, 1.82) is 0 Å². The third kappa shape index (κ3) is 1.84. The lowest BCUT2D eigenvalue weighted by Crippen LogP contribution is -2.50. The standard InChI is InChI=1S/C15H17IN2O/c16-10-1-2-11-12-3-6-17-15(4-7-19-8-5-15)14(12)18-13(11)9-10/h1-2,9,17-18H,3-8H2. The summed E-state index contributed by atoms with van der Waals surface area (Å²) in [5.74, 6) is 0. The number of hydrogen-bond acceptors (Lipinski definition) is 2. The van der Waals surface area contributed by atoms with E-state index in [0.717, 1.165) is 39.0 Å². The Kier molecular flexibility index (Phi) is 2.86. The van der Waals surface area contributed by atoms with Gasteiger partial charge >= 0.3 is 0 Å². The van der Waals surface area contributed by atoms with E-state index in [-0.39, 0.29) is 5.54 Å². The first-order valence-electron chi connectivity index (χ1n) is 6.92. The molecular weight excluding hydrogens is 351 g/mol. The molecule has 3 nitrogen and oxygen atoms in total. The number of benzene rings is 1. The van der Waals surface area contributed by atoms with Crippen molar-refractivity contribution in [3.8, 4) is 0 Å². The summed E-state index contributed by atoms with van der Waals surface area (Å²) in [6, 6.07) is 6.72. The van der Waals surface area contributed by atoms with Crippen LogP contribution >= 0.6 is 22.6 Å². The normalized spacial score (nSPS) is 21.7. The van der Waals surface area contributed by atoms with Crippen molar-refractivity contribution in [2.75, 3.05) is 19.8 Å². The molecule has 0 bridgehead atoms. The maximum absolute atomic E-state index is 5.55. The summed E-state index contributed by atoms with van der Waals surface area (Å²) >= 11 is 2.38. The van der Waals surface area contributed by atoms with Crippen LogP contribution in [0.15, 0.2) is 18.2 Å². The summed E-state index contributed by atoms with van der Waals surface area (Å²) in [6.45, 7) is 2.80. The van der Waals surface area contributed by atoms with Crippen LogP contribution in [0, 0.1) is 3.57 Å². The monoisotopic (exact) mass is 368 g/mol. The third-order valence-corrected chi connectivity index (χ3v) is 5.20. The molecule has 2 aliphatic rings. The van der Waals surface area contributed by atoms with Crippen molar-refractivity contribution < 1.29 is 4.74 Å². The SMILES string of the molecule is Ic1ccc2c3c([nH]c2c1)C1(CCOCC1)NCC3. The number of halogens is 1. The van der Waals surface area contributed by atoms with Crippen LogP contribution in [0.25, 0.3) is 10.9 Å². The van der Waals surface area contributed by atoms with Gasteiger partial charge in [-0.05, 0) is 59.5 Å². The molecule has 100 valence electrons. The minimum absolute atomic E-state index is 0.121. The summed E-state index contributed by atoms with van der Waals surface area (Å²) < 4.78 is 6.84. The molecule has 0 aliphatic carbocycles. The van der Waals surface area contributed by atoms with E-state index in [1.54, 1.807) is 0 Å². The Labute approximate surface area is 126 Å². The summed E-state index contributed by atoms with van der Waals surface area (Å²) in [4.78, 5) is 3.69. The maximum Gasteiger partial charge on any atom is 0.0633 e. The predicted molar refractivity (Wildman–Crippen MR) is 84.5 cm³/mol. The highest BCUT2D eigenvalue weighted by Crippen LogP contribution is 2.39. The van der Waals surface area contributed by atoms with Gasteiger partial charge in [-0.3, -0.25) is 0 Å². The van der Waals surface area contributed by atoms with E-state index >= 15 is 0 Å². The van der Waals surface area contributed by atoms with Crippen LogP contribution in [-0.2, 0) is 16.7 Å². The van der Waals surface area contributed by atoms with Gasteiger partial charge in [0, 0.05) is 39.9 Å². The van der Waals surface area contributed by atoms with E-state index in [9.17, 15) is 0 Å². The Bertz CT molecular complexity index is 628. The summed E-state index contributed by atoms with van der Waals surface area (Å²) in [5, 5.41) is 5.16. The zero-order chi connectivity index (χ0) is 12.9. The molecule has 19 heavy (non-hydrogen) atoms. The van der Waals surface area contributed by atoms with Crippen LogP contribution in [0.1, 0.15) is 24.1 Å². The number of aromatic amines is 1. The van der Waals surface area contributed by atoms with Gasteiger partial charge in [-0.25, -0.2) is 0 Å². The van der Waals surface area contributed by atoms with Gasteiger partial charge in [0.25, 0.3) is 0 Å². The average molecular weight is 368 g/mol. The van der Waals surface area contributed by atoms with Crippen molar-refractivity contribution in [2.45, 2.75) is 24.8 Å². The van der Waals surface area contributed by atoms with Crippen LogP contribution in [-0.4, -0.2) is 24.7 Å². The van der Waals surface area contributed by atoms with Gasteiger partial charge in [-0.1, -0.05) is 6.07 Å². The number of hydrogen-bond donors (Lipinski definition) is 2. The lowest BCUT2D eigenvalue weighted by Gasteiger charge is -2.41. The van der Waals surface area contributed by atoms with Gasteiger partial charge in [0.05, 0.1) is 5.54 Å². The van der Waals surface area contributed by atoms with Crippen LogP contribution in [0.4, 0.5) is 0 Å². The molecule has 2 aromatic rings. The molecular formula is C15H17IN2O. The number of aromatic nitrogens is 1. The summed E-state index contributed by atoms with van der Waals surface area (Å²) in [5.41, 5.74) is 4.34. The van der Waals surface area contributed by atoms with Gasteiger partial charge in [-0.2, -0.15) is 0 Å². The third-order valence-electron chi connectivity index (χ3n) is 4.53. The van der Waals surface area contributed by atoms with Crippen LogP contribution < -0.4 is 5.32 Å². The fraction of sp³-hybridized carbons (Fsp3) is 0.467. The molecule has 2 N–H and O–H groups in total. The van der Waals surface area contributed by atoms with Crippen LogP contribution in [0.3, 0.4) is 0 Å². The minimum atomic E-state index is 0.121. The van der Waals surface area contributed by atoms with E-state index in [1.807, 2.05) is 0 Å². The summed E-state index contributed by atoms with van der Waals surface area (Å²) in [6.07, 6.45) is 3.27. The number of fused-ring (bicyclic) bond motifs is 4. The van der Waals surface area contributed by atoms with Crippen molar-refractivity contribution >= 4 is 33.5 Å². The minimum Gasteiger partial charge on any atom is -0.381 e. The van der Waals surface area contributed by atoms with E-state index < -0.39 is 0 Å². The van der Waals surface area contributed by atoms with Gasteiger partial charge in [0.15, 0.2) is 0 Å². The van der Waals surface area contributed by atoms with E-state index in [4.69, 9.17) is 4.74 Å². The van der Waals surface area contributed by atoms with Gasteiger partial charge in [-0.15, -0.1) is 0 Å². The Morgan fingerprint density at radius 3 is 2.89 bits per heavy atom. The molecule has 3 heterocycles. The molecule has 0 atom stereocenters. The number of nitrogens with one attached hydrogen (secondary N) is 2. The molecule has 1 saturated heterocycles. The van der Waals surface area contributed by atoms with Gasteiger partial charge in [0.1, 0.15) is 0 Å². The molecule has 1 aromatic heterocycles. The second-order valence-electron chi connectivity index (χ2n) is 5.54. The van der Waals surface area contributed by atoms with E-state index in [2.05, 4.69) is 51.1 Å². The van der Waals surface area contributed by atoms with Gasteiger partial charge < -0.3 is 15.0 Å². The second kappa shape index (κ2) is 4.46. The molecule has 0 unspecified atom stereocenters. The van der Waals surface area contributed by atoms with Crippen molar-refractivity contribution in [3.05, 3.63) is 33.0 Å². The fourth-order valence-corrected chi connectivity index (χ4v) is 4.05. The number of rotatable bonds is 0. The summed E-state index contributed by atoms with van der Waals surface area (Å²) in [7, 11) is 0. The zero-order valence-corrected chi connectivity index (χ0v) is 12.9. The highest BCUT2D eigenvalue weighted by Gasteiger charge is 2.39. The predicted octanol–water partition coefficient (Wildman–Crippen LogP) is 2.92. The molecule has 0 saturated carbocycles. The van der Waals surface area contributed by atoms with Crippen LogP contribution in [0.2, 0.25) is 0 Å². The maximum atomic E-state index is 5.55. The van der Waals surface area contributed by atoms with Crippen molar-refractivity contribution in [1.82, 2.24) is 10.3 Å². The number of ether oxygens (including phenoxy) is 1. The largest absolute Gasteiger partial charge is 0.381 e. The van der Waals surface area contributed by atoms with Gasteiger partial charge in [0.2, 0.25) is 0 Å². The molecule has 4 rings (SSSR count). The first-order chi connectivity index (χ1) is 9.28. The lowest BCUT2D eigenvalue weighted by atomic mass is 9.81. The topological polar surface area (TPSA) is 37.0 Å². The molecule has 0 radical (unpaired) electrons. The van der Waals surface area contributed by atoms with E-state index in [0.29, 0.717) is 0 Å². The molecule has 2 aliphatic heterocycles. The Hall–Kier alpha value is -0.590. The fourth-order valence-electron chi connectivity index (χ4n) is 3.56. The Morgan fingerprint density at radius 2 is 2.05 bits per heavy atom. The number of H-pyrrole nitrogens is 1. The van der Waals surface area contributed by atoms with E-state index in [1.165, 1.54) is 25.7 Å². The molecule has 1 fully saturated rings. The molecule has 1 spiro atoms. The molecule has 0 amide bonds. The average Bonchev–Trinajstić information content (AvgIpc) is 2.79. The quantitative estimate of drug-likeness (QED) is 0.702. The highest BCUT2D eigenvalue weighted by molar-refractivity contribution is 14.1. The van der Waals surface area contributed by atoms with Crippen molar-refractivity contribution in [2.24, 2.45) is 0 Å². The second-order valence-corrected chi connectivity index (χ2v) is 6.79. The smallest absolute Gasteiger partial charge is 0.0633 e. The zero-order valence-electron chi connectivity index (χ0n) is 10.8. The Balaban J connectivity index is 1.92. The van der Waals surface area contributed by atoms with Crippen molar-refractivity contribution in [3.63, 3.8) is 0 Å². The first-order valence-corrected chi connectivity index (χ1v) is 8.00. The lowest BCUT2D eigenvalue weighted by molar-refractivity contribution is 0.0327. The molecule has 1 aromatic carbocycles. The van der Waals surface area contributed by atoms with Crippen LogP contribution in [0.5, 0.6) is 0 Å². The highest BCUT2D eigenvalue weighted by atomic mass is 127. The molecule has 4 heteroatoms. The first kappa shape index (κ1) is 12.2.